The SMILES string of the molecule is O=S(=O)(Nc1ccccc1Cn1cccn1)c1ccc2c(c1)OCCO2. The minimum Gasteiger partial charge on any atom is -0.486 e. The van der Waals surface area contributed by atoms with Gasteiger partial charge in [-0.15, -0.1) is 0 Å². The third kappa shape index (κ3) is 3.36. The zero-order valence-corrected chi connectivity index (χ0v) is 14.6. The van der Waals surface area contributed by atoms with Crippen molar-refractivity contribution < 1.29 is 17.9 Å². The molecule has 4 rings (SSSR count). The van der Waals surface area contributed by atoms with Crippen molar-refractivity contribution in [3.63, 3.8) is 0 Å². The van der Waals surface area contributed by atoms with Crippen LogP contribution in [-0.2, 0) is 16.6 Å². The zero-order valence-electron chi connectivity index (χ0n) is 13.8. The highest BCUT2D eigenvalue weighted by Gasteiger charge is 2.20. The van der Waals surface area contributed by atoms with Crippen molar-refractivity contribution >= 4 is 15.7 Å². The fraction of sp³-hybridized carbons (Fsp3) is 0.167. The highest BCUT2D eigenvalue weighted by Crippen LogP contribution is 2.33. The molecule has 2 aromatic carbocycles. The van der Waals surface area contributed by atoms with Crippen molar-refractivity contribution in [2.45, 2.75) is 11.4 Å². The molecule has 7 nitrogen and oxygen atoms in total. The lowest BCUT2D eigenvalue weighted by Gasteiger charge is -2.19. The first-order valence-electron chi connectivity index (χ1n) is 8.10. The minimum atomic E-state index is -3.76. The number of rotatable bonds is 5. The van der Waals surface area contributed by atoms with Crippen molar-refractivity contribution in [3.05, 3.63) is 66.5 Å². The molecule has 0 fully saturated rings. The molecule has 1 N–H and O–H groups in total. The second kappa shape index (κ2) is 6.72. The predicted molar refractivity (Wildman–Crippen MR) is 96.0 cm³/mol. The van der Waals surface area contributed by atoms with Crippen molar-refractivity contribution in [3.8, 4) is 11.5 Å². The monoisotopic (exact) mass is 371 g/mol. The number of hydrogen-bond acceptors (Lipinski definition) is 5. The van der Waals surface area contributed by atoms with Gasteiger partial charge in [-0.3, -0.25) is 9.40 Å². The van der Waals surface area contributed by atoms with Gasteiger partial charge in [0.25, 0.3) is 10.0 Å². The summed E-state index contributed by atoms with van der Waals surface area (Å²) in [4.78, 5) is 0.121. The van der Waals surface area contributed by atoms with Gasteiger partial charge in [0.1, 0.15) is 13.2 Å². The van der Waals surface area contributed by atoms with Gasteiger partial charge in [0, 0.05) is 18.5 Å². The summed E-state index contributed by atoms with van der Waals surface area (Å²) >= 11 is 0. The summed E-state index contributed by atoms with van der Waals surface area (Å²) in [5.41, 5.74) is 1.33. The topological polar surface area (TPSA) is 82.5 Å². The third-order valence-corrected chi connectivity index (χ3v) is 5.34. The number of anilines is 1. The Labute approximate surface area is 151 Å². The molecule has 0 unspecified atom stereocenters. The molecule has 3 aromatic rings. The number of para-hydroxylation sites is 1. The van der Waals surface area contributed by atoms with E-state index in [1.807, 2.05) is 24.4 Å². The predicted octanol–water partition coefficient (Wildman–Crippen LogP) is 2.50. The van der Waals surface area contributed by atoms with Crippen molar-refractivity contribution in [1.82, 2.24) is 9.78 Å². The van der Waals surface area contributed by atoms with E-state index in [4.69, 9.17) is 9.47 Å². The Bertz CT molecular complexity index is 1020. The van der Waals surface area contributed by atoms with Gasteiger partial charge in [-0.1, -0.05) is 18.2 Å². The largest absolute Gasteiger partial charge is 0.486 e. The lowest BCUT2D eigenvalue weighted by Crippen LogP contribution is -2.18. The van der Waals surface area contributed by atoms with Crippen LogP contribution in [-0.4, -0.2) is 31.4 Å². The number of benzene rings is 2. The smallest absolute Gasteiger partial charge is 0.262 e. The summed E-state index contributed by atoms with van der Waals surface area (Å²) in [5.74, 6) is 0.984. The van der Waals surface area contributed by atoms with Crippen LogP contribution in [0.3, 0.4) is 0 Å². The Morgan fingerprint density at radius 2 is 1.85 bits per heavy atom. The van der Waals surface area contributed by atoms with Crippen LogP contribution in [0, 0.1) is 0 Å². The zero-order chi connectivity index (χ0) is 18.0. The molecule has 0 saturated heterocycles. The maximum absolute atomic E-state index is 12.8. The molecule has 0 saturated carbocycles. The molecule has 0 radical (unpaired) electrons. The Balaban J connectivity index is 1.62. The lowest BCUT2D eigenvalue weighted by atomic mass is 10.2. The van der Waals surface area contributed by atoms with E-state index in [1.54, 1.807) is 29.1 Å². The second-order valence-corrected chi connectivity index (χ2v) is 7.45. The fourth-order valence-electron chi connectivity index (χ4n) is 2.72. The number of aromatic nitrogens is 2. The van der Waals surface area contributed by atoms with Crippen LogP contribution in [0.25, 0.3) is 0 Å². The first-order valence-corrected chi connectivity index (χ1v) is 9.58. The Hall–Kier alpha value is -3.00. The average Bonchev–Trinajstić information content (AvgIpc) is 3.16. The molecule has 1 aliphatic heterocycles. The fourth-order valence-corrected chi connectivity index (χ4v) is 3.84. The molecular weight excluding hydrogens is 354 g/mol. The standard InChI is InChI=1S/C18H17N3O4S/c22-26(23,15-6-7-17-18(12-15)25-11-10-24-17)20-16-5-2-1-4-14(16)13-21-9-3-8-19-21/h1-9,12,20H,10-11,13H2. The molecule has 134 valence electrons. The van der Waals surface area contributed by atoms with Gasteiger partial charge in [-0.2, -0.15) is 5.10 Å². The van der Waals surface area contributed by atoms with Crippen LogP contribution in [0.15, 0.2) is 65.8 Å². The van der Waals surface area contributed by atoms with E-state index in [2.05, 4.69) is 9.82 Å². The van der Waals surface area contributed by atoms with E-state index in [9.17, 15) is 8.42 Å². The van der Waals surface area contributed by atoms with Crippen LogP contribution < -0.4 is 14.2 Å². The van der Waals surface area contributed by atoms with Crippen LogP contribution in [0.2, 0.25) is 0 Å². The van der Waals surface area contributed by atoms with Gasteiger partial charge in [0.15, 0.2) is 11.5 Å². The highest BCUT2D eigenvalue weighted by atomic mass is 32.2. The number of nitrogens with zero attached hydrogens (tertiary/aromatic N) is 2. The van der Waals surface area contributed by atoms with Crippen LogP contribution in [0.1, 0.15) is 5.56 Å². The summed E-state index contributed by atoms with van der Waals surface area (Å²) in [6, 6.07) is 13.7. The van der Waals surface area contributed by atoms with E-state index >= 15 is 0 Å². The Kier molecular flexibility index (Phi) is 4.26. The molecule has 0 aliphatic carbocycles. The summed E-state index contributed by atoms with van der Waals surface area (Å²) in [7, 11) is -3.76. The van der Waals surface area contributed by atoms with E-state index in [1.165, 1.54) is 12.1 Å². The number of nitrogens with one attached hydrogen (secondary N) is 1. The molecule has 0 bridgehead atoms. The molecule has 0 spiro atoms. The maximum atomic E-state index is 12.8. The Morgan fingerprint density at radius 1 is 1.04 bits per heavy atom. The van der Waals surface area contributed by atoms with Crippen molar-refractivity contribution in [2.24, 2.45) is 0 Å². The molecule has 0 atom stereocenters. The number of ether oxygens (including phenoxy) is 2. The second-order valence-electron chi connectivity index (χ2n) is 5.77. The van der Waals surface area contributed by atoms with Gasteiger partial charge in [0.2, 0.25) is 0 Å². The van der Waals surface area contributed by atoms with Gasteiger partial charge < -0.3 is 9.47 Å². The number of hydrogen-bond donors (Lipinski definition) is 1. The molecule has 8 heteroatoms. The third-order valence-electron chi connectivity index (χ3n) is 3.98. The normalized spacial score (nSPS) is 13.4. The van der Waals surface area contributed by atoms with Crippen LogP contribution in [0.5, 0.6) is 11.5 Å². The molecule has 0 amide bonds. The summed E-state index contributed by atoms with van der Waals surface area (Å²) in [5, 5.41) is 4.16. The summed E-state index contributed by atoms with van der Waals surface area (Å²) in [6.07, 6.45) is 3.51. The Morgan fingerprint density at radius 3 is 2.65 bits per heavy atom. The summed E-state index contributed by atoms with van der Waals surface area (Å²) in [6.45, 7) is 1.32. The molecule has 26 heavy (non-hydrogen) atoms. The van der Waals surface area contributed by atoms with E-state index in [0.717, 1.165) is 5.56 Å². The first-order chi connectivity index (χ1) is 12.6. The molecule has 1 aromatic heterocycles. The first kappa shape index (κ1) is 16.5. The molecule has 1 aliphatic rings. The molecule has 2 heterocycles. The van der Waals surface area contributed by atoms with Gasteiger partial charge in [-0.05, 0) is 29.8 Å². The number of fused-ring (bicyclic) bond motifs is 1. The van der Waals surface area contributed by atoms with E-state index < -0.39 is 10.0 Å². The average molecular weight is 371 g/mol. The van der Waals surface area contributed by atoms with Gasteiger partial charge in [-0.25, -0.2) is 8.42 Å². The molecular formula is C18H17N3O4S. The maximum Gasteiger partial charge on any atom is 0.262 e. The summed E-state index contributed by atoms with van der Waals surface area (Å²) < 4.78 is 40.9. The van der Waals surface area contributed by atoms with E-state index in [0.29, 0.717) is 36.9 Å². The minimum absolute atomic E-state index is 0.121. The lowest BCUT2D eigenvalue weighted by molar-refractivity contribution is 0.171. The van der Waals surface area contributed by atoms with E-state index in [-0.39, 0.29) is 4.90 Å². The highest BCUT2D eigenvalue weighted by molar-refractivity contribution is 7.92. The van der Waals surface area contributed by atoms with Gasteiger partial charge >= 0.3 is 0 Å². The van der Waals surface area contributed by atoms with Crippen molar-refractivity contribution in [2.75, 3.05) is 17.9 Å². The van der Waals surface area contributed by atoms with Crippen LogP contribution >= 0.6 is 0 Å². The van der Waals surface area contributed by atoms with Crippen molar-refractivity contribution in [1.29, 1.82) is 0 Å². The quantitative estimate of drug-likeness (QED) is 0.745. The van der Waals surface area contributed by atoms with Crippen LogP contribution in [0.4, 0.5) is 5.69 Å². The number of sulfonamides is 1. The van der Waals surface area contributed by atoms with Gasteiger partial charge in [0.05, 0.1) is 17.1 Å².